The van der Waals surface area contributed by atoms with Crippen molar-refractivity contribution >= 4 is 29.0 Å². The van der Waals surface area contributed by atoms with Gasteiger partial charge in [-0.05, 0) is 13.0 Å². The number of carboxylic acid groups (broad SMARTS) is 1. The number of aromatic nitrogens is 2. The third kappa shape index (κ3) is 3.32. The summed E-state index contributed by atoms with van der Waals surface area (Å²) in [6.45, 7) is 2.06. The first-order chi connectivity index (χ1) is 9.06. The van der Waals surface area contributed by atoms with E-state index in [-0.39, 0.29) is 11.4 Å². The van der Waals surface area contributed by atoms with Crippen molar-refractivity contribution in [2.45, 2.75) is 13.5 Å². The Morgan fingerprint density at radius 1 is 1.53 bits per heavy atom. The Morgan fingerprint density at radius 3 is 2.95 bits per heavy atom. The highest BCUT2D eigenvalue weighted by Crippen LogP contribution is 2.16. The SMILES string of the molecule is Cc1cc(NC(=O)NCc2cncs2)c(C(=O)O)[nH]1. The highest BCUT2D eigenvalue weighted by Gasteiger charge is 2.15. The van der Waals surface area contributed by atoms with Gasteiger partial charge in [0.25, 0.3) is 0 Å². The molecule has 2 aromatic heterocycles. The lowest BCUT2D eigenvalue weighted by Crippen LogP contribution is -2.28. The van der Waals surface area contributed by atoms with Crippen molar-refractivity contribution in [3.63, 3.8) is 0 Å². The van der Waals surface area contributed by atoms with E-state index in [2.05, 4.69) is 20.6 Å². The molecular formula is C11H12N4O3S. The number of anilines is 1. The lowest BCUT2D eigenvalue weighted by molar-refractivity contribution is 0.0692. The Bertz CT molecular complexity index is 591. The molecule has 0 spiro atoms. The Labute approximate surface area is 112 Å². The molecule has 0 fully saturated rings. The van der Waals surface area contributed by atoms with Gasteiger partial charge in [0.15, 0.2) is 0 Å². The summed E-state index contributed by atoms with van der Waals surface area (Å²) < 4.78 is 0. The van der Waals surface area contributed by atoms with Gasteiger partial charge in [-0.2, -0.15) is 0 Å². The van der Waals surface area contributed by atoms with Crippen LogP contribution >= 0.6 is 11.3 Å². The fourth-order valence-corrected chi connectivity index (χ4v) is 2.05. The number of aromatic amines is 1. The van der Waals surface area contributed by atoms with E-state index in [9.17, 15) is 9.59 Å². The molecule has 0 radical (unpaired) electrons. The summed E-state index contributed by atoms with van der Waals surface area (Å²) in [6, 6.07) is 1.10. The van der Waals surface area contributed by atoms with Crippen molar-refractivity contribution in [3.8, 4) is 0 Å². The second kappa shape index (κ2) is 5.53. The number of carbonyl (C=O) groups excluding carboxylic acids is 1. The average molecular weight is 280 g/mol. The van der Waals surface area contributed by atoms with Gasteiger partial charge in [0, 0.05) is 16.8 Å². The number of rotatable bonds is 4. The maximum Gasteiger partial charge on any atom is 0.354 e. The Hall–Kier alpha value is -2.35. The number of nitrogens with one attached hydrogen (secondary N) is 3. The van der Waals surface area contributed by atoms with Gasteiger partial charge in [-0.25, -0.2) is 9.59 Å². The van der Waals surface area contributed by atoms with Crippen molar-refractivity contribution in [2.75, 3.05) is 5.32 Å². The van der Waals surface area contributed by atoms with E-state index in [0.29, 0.717) is 12.2 Å². The summed E-state index contributed by atoms with van der Waals surface area (Å²) in [7, 11) is 0. The summed E-state index contributed by atoms with van der Waals surface area (Å²) in [5.74, 6) is -1.12. The fourth-order valence-electron chi connectivity index (χ4n) is 1.52. The third-order valence-electron chi connectivity index (χ3n) is 2.32. The summed E-state index contributed by atoms with van der Waals surface area (Å²) in [4.78, 5) is 30.1. The van der Waals surface area contributed by atoms with Crippen LogP contribution in [-0.2, 0) is 6.54 Å². The smallest absolute Gasteiger partial charge is 0.354 e. The molecule has 2 aromatic rings. The second-order valence-electron chi connectivity index (χ2n) is 3.82. The summed E-state index contributed by atoms with van der Waals surface area (Å²) in [6.07, 6.45) is 1.66. The second-order valence-corrected chi connectivity index (χ2v) is 4.79. The molecule has 8 heteroatoms. The number of aromatic carboxylic acids is 1. The molecule has 0 aliphatic rings. The molecule has 2 amide bonds. The van der Waals surface area contributed by atoms with Gasteiger partial charge in [0.2, 0.25) is 0 Å². The number of H-pyrrole nitrogens is 1. The summed E-state index contributed by atoms with van der Waals surface area (Å²) in [5, 5.41) is 14.1. The van der Waals surface area contributed by atoms with Crippen LogP contribution in [-0.4, -0.2) is 27.1 Å². The molecule has 0 atom stereocenters. The quantitative estimate of drug-likeness (QED) is 0.685. The molecule has 0 aliphatic heterocycles. The maximum atomic E-state index is 11.6. The highest BCUT2D eigenvalue weighted by molar-refractivity contribution is 7.09. The average Bonchev–Trinajstić information content (AvgIpc) is 2.96. The Balaban J connectivity index is 1.97. The number of hydrogen-bond donors (Lipinski definition) is 4. The van der Waals surface area contributed by atoms with Gasteiger partial charge < -0.3 is 20.7 Å². The zero-order chi connectivity index (χ0) is 13.8. The van der Waals surface area contributed by atoms with Crippen LogP contribution in [0.5, 0.6) is 0 Å². The predicted molar refractivity (Wildman–Crippen MR) is 70.5 cm³/mol. The van der Waals surface area contributed by atoms with Gasteiger partial charge in [0.1, 0.15) is 5.69 Å². The number of amides is 2. The van der Waals surface area contributed by atoms with Crippen LogP contribution in [0.15, 0.2) is 17.8 Å². The normalized spacial score (nSPS) is 10.2. The van der Waals surface area contributed by atoms with Gasteiger partial charge in [-0.3, -0.25) is 4.98 Å². The van der Waals surface area contributed by atoms with E-state index in [1.807, 2.05) is 0 Å². The molecule has 4 N–H and O–H groups in total. The summed E-state index contributed by atoms with van der Waals surface area (Å²) in [5.41, 5.74) is 2.54. The molecule has 0 saturated carbocycles. The Morgan fingerprint density at radius 2 is 2.32 bits per heavy atom. The van der Waals surface area contributed by atoms with Gasteiger partial charge >= 0.3 is 12.0 Å². The van der Waals surface area contributed by atoms with E-state index in [1.54, 1.807) is 24.7 Å². The van der Waals surface area contributed by atoms with Crippen molar-refractivity contribution in [1.82, 2.24) is 15.3 Å². The first-order valence-electron chi connectivity index (χ1n) is 5.41. The minimum atomic E-state index is -1.12. The van der Waals surface area contributed by atoms with Crippen LogP contribution in [0, 0.1) is 6.92 Å². The standard InChI is InChI=1S/C11H12N4O3S/c1-6-2-8(9(14-6)10(16)17)15-11(18)13-4-7-3-12-5-19-7/h2-3,5,14H,4H2,1H3,(H,16,17)(H2,13,15,18). The largest absolute Gasteiger partial charge is 0.477 e. The number of aryl methyl sites for hydroxylation is 1. The number of hydrogen-bond acceptors (Lipinski definition) is 4. The monoisotopic (exact) mass is 280 g/mol. The number of carbonyl (C=O) groups is 2. The molecule has 0 saturated heterocycles. The molecule has 0 bridgehead atoms. The van der Waals surface area contributed by atoms with Crippen molar-refractivity contribution in [3.05, 3.63) is 34.0 Å². The fraction of sp³-hybridized carbons (Fsp3) is 0.182. The number of thiazole rings is 1. The molecule has 0 aliphatic carbocycles. The van der Waals surface area contributed by atoms with Crippen LogP contribution in [0.3, 0.4) is 0 Å². The van der Waals surface area contributed by atoms with E-state index in [4.69, 9.17) is 5.11 Å². The van der Waals surface area contributed by atoms with E-state index >= 15 is 0 Å². The molecule has 2 rings (SSSR count). The van der Waals surface area contributed by atoms with Gasteiger partial charge in [0.05, 0.1) is 17.7 Å². The van der Waals surface area contributed by atoms with E-state index in [1.165, 1.54) is 11.3 Å². The molecule has 0 aromatic carbocycles. The van der Waals surface area contributed by atoms with Crippen LogP contribution < -0.4 is 10.6 Å². The van der Waals surface area contributed by atoms with Crippen LogP contribution in [0.2, 0.25) is 0 Å². The molecule has 7 nitrogen and oxygen atoms in total. The maximum absolute atomic E-state index is 11.6. The van der Waals surface area contributed by atoms with Crippen LogP contribution in [0.4, 0.5) is 10.5 Å². The Kier molecular flexibility index (Phi) is 3.81. The van der Waals surface area contributed by atoms with Crippen LogP contribution in [0.25, 0.3) is 0 Å². The molecule has 0 unspecified atom stereocenters. The number of nitrogens with zero attached hydrogens (tertiary/aromatic N) is 1. The van der Waals surface area contributed by atoms with Crippen molar-refractivity contribution < 1.29 is 14.7 Å². The minimum absolute atomic E-state index is 0.0366. The molecule has 100 valence electrons. The van der Waals surface area contributed by atoms with Crippen LogP contribution in [0.1, 0.15) is 21.1 Å². The zero-order valence-electron chi connectivity index (χ0n) is 10.1. The predicted octanol–water partition coefficient (Wildman–Crippen LogP) is 1.80. The van der Waals surface area contributed by atoms with E-state index < -0.39 is 12.0 Å². The molecular weight excluding hydrogens is 268 g/mol. The van der Waals surface area contributed by atoms with E-state index in [0.717, 1.165) is 4.88 Å². The molecule has 2 heterocycles. The first kappa shape index (κ1) is 13.1. The first-order valence-corrected chi connectivity index (χ1v) is 6.29. The number of carboxylic acids is 1. The lowest BCUT2D eigenvalue weighted by Gasteiger charge is -2.05. The van der Waals surface area contributed by atoms with Crippen molar-refractivity contribution in [1.29, 1.82) is 0 Å². The van der Waals surface area contributed by atoms with Gasteiger partial charge in [-0.15, -0.1) is 11.3 Å². The summed E-state index contributed by atoms with van der Waals surface area (Å²) >= 11 is 1.43. The topological polar surface area (TPSA) is 107 Å². The highest BCUT2D eigenvalue weighted by atomic mass is 32.1. The minimum Gasteiger partial charge on any atom is -0.477 e. The molecule has 19 heavy (non-hydrogen) atoms. The van der Waals surface area contributed by atoms with Gasteiger partial charge in [-0.1, -0.05) is 0 Å². The number of urea groups is 1. The lowest BCUT2D eigenvalue weighted by atomic mass is 10.3. The third-order valence-corrected chi connectivity index (χ3v) is 3.10. The zero-order valence-corrected chi connectivity index (χ0v) is 10.9. The van der Waals surface area contributed by atoms with Crippen molar-refractivity contribution in [2.24, 2.45) is 0 Å².